The first kappa shape index (κ1) is 8.66. The molecule has 0 aromatic carbocycles. The summed E-state index contributed by atoms with van der Waals surface area (Å²) in [4.78, 5) is 0. The fourth-order valence-electron chi connectivity index (χ4n) is 0.788. The van der Waals surface area contributed by atoms with E-state index in [0.717, 1.165) is 19.4 Å². The van der Waals surface area contributed by atoms with Crippen LogP contribution in [0.4, 0.5) is 0 Å². The SMILES string of the molecule is C=C.OCC1CCCO1. The van der Waals surface area contributed by atoms with Gasteiger partial charge in [-0.15, -0.1) is 13.2 Å². The average Bonchev–Trinajstić information content (AvgIpc) is 2.43. The van der Waals surface area contributed by atoms with Crippen molar-refractivity contribution in [2.45, 2.75) is 18.9 Å². The van der Waals surface area contributed by atoms with Crippen LogP contribution < -0.4 is 0 Å². The molecule has 1 aliphatic heterocycles. The molecule has 1 rings (SSSR count). The summed E-state index contributed by atoms with van der Waals surface area (Å²) in [6, 6.07) is 0. The van der Waals surface area contributed by atoms with Crippen LogP contribution in [0, 0.1) is 0 Å². The van der Waals surface area contributed by atoms with E-state index in [-0.39, 0.29) is 12.7 Å². The normalized spacial score (nSPS) is 24.8. The lowest BCUT2D eigenvalue weighted by Crippen LogP contribution is -2.09. The zero-order valence-corrected chi connectivity index (χ0v) is 5.68. The predicted octanol–water partition coefficient (Wildman–Crippen LogP) is 0.960. The minimum atomic E-state index is 0.153. The Kier molecular flexibility index (Phi) is 5.57. The Bertz CT molecular complexity index is 57.9. The van der Waals surface area contributed by atoms with Crippen molar-refractivity contribution in [3.8, 4) is 0 Å². The lowest BCUT2D eigenvalue weighted by molar-refractivity contribution is 0.0591. The van der Waals surface area contributed by atoms with E-state index >= 15 is 0 Å². The second-order valence-corrected chi connectivity index (χ2v) is 1.82. The highest BCUT2D eigenvalue weighted by Crippen LogP contribution is 2.09. The van der Waals surface area contributed by atoms with Crippen LogP contribution in [0.25, 0.3) is 0 Å². The molecule has 1 saturated heterocycles. The van der Waals surface area contributed by atoms with Gasteiger partial charge in [-0.2, -0.15) is 0 Å². The van der Waals surface area contributed by atoms with E-state index in [1.807, 2.05) is 0 Å². The quantitative estimate of drug-likeness (QED) is 0.536. The van der Waals surface area contributed by atoms with Crippen LogP contribution in [0.15, 0.2) is 13.2 Å². The molecule has 0 spiro atoms. The molecule has 2 nitrogen and oxygen atoms in total. The third kappa shape index (κ3) is 3.27. The van der Waals surface area contributed by atoms with Crippen LogP contribution in [0.1, 0.15) is 12.8 Å². The predicted molar refractivity (Wildman–Crippen MR) is 37.3 cm³/mol. The smallest absolute Gasteiger partial charge is 0.0806 e. The standard InChI is InChI=1S/C5H10O2.C2H4/c6-4-5-2-1-3-7-5;1-2/h5-6H,1-4H2;1-2H2. The molecule has 1 fully saturated rings. The molecule has 0 aliphatic carbocycles. The van der Waals surface area contributed by atoms with E-state index in [1.54, 1.807) is 0 Å². The molecule has 1 aliphatic rings. The van der Waals surface area contributed by atoms with Crippen molar-refractivity contribution in [2.24, 2.45) is 0 Å². The van der Waals surface area contributed by atoms with Crippen LogP contribution >= 0.6 is 0 Å². The second-order valence-electron chi connectivity index (χ2n) is 1.82. The van der Waals surface area contributed by atoms with Crippen molar-refractivity contribution < 1.29 is 9.84 Å². The van der Waals surface area contributed by atoms with Crippen molar-refractivity contribution in [3.05, 3.63) is 13.2 Å². The van der Waals surface area contributed by atoms with Gasteiger partial charge in [0, 0.05) is 6.61 Å². The number of aliphatic hydroxyl groups excluding tert-OH is 1. The van der Waals surface area contributed by atoms with Crippen molar-refractivity contribution in [3.63, 3.8) is 0 Å². The molecule has 9 heavy (non-hydrogen) atoms. The minimum absolute atomic E-state index is 0.153. The molecule has 0 aromatic heterocycles. The molecule has 0 saturated carbocycles. The number of rotatable bonds is 1. The molecule has 1 unspecified atom stereocenters. The fourth-order valence-corrected chi connectivity index (χ4v) is 0.788. The Morgan fingerprint density at radius 1 is 1.56 bits per heavy atom. The fraction of sp³-hybridized carbons (Fsp3) is 0.714. The summed E-state index contributed by atoms with van der Waals surface area (Å²) in [6.45, 7) is 7.03. The Hall–Kier alpha value is -0.340. The topological polar surface area (TPSA) is 29.5 Å². The number of hydrogen-bond acceptors (Lipinski definition) is 2. The first-order valence-corrected chi connectivity index (χ1v) is 3.16. The summed E-state index contributed by atoms with van der Waals surface area (Å²) in [5.74, 6) is 0. The Balaban J connectivity index is 0.000000291. The molecule has 1 N–H and O–H groups in total. The third-order valence-electron chi connectivity index (χ3n) is 1.23. The molecular weight excluding hydrogens is 116 g/mol. The lowest BCUT2D eigenvalue weighted by atomic mass is 10.2. The molecule has 1 heterocycles. The van der Waals surface area contributed by atoms with Gasteiger partial charge in [0.25, 0.3) is 0 Å². The average molecular weight is 130 g/mol. The van der Waals surface area contributed by atoms with Gasteiger partial charge in [0.1, 0.15) is 0 Å². The third-order valence-corrected chi connectivity index (χ3v) is 1.23. The van der Waals surface area contributed by atoms with Gasteiger partial charge >= 0.3 is 0 Å². The van der Waals surface area contributed by atoms with E-state index in [4.69, 9.17) is 9.84 Å². The zero-order chi connectivity index (χ0) is 7.11. The highest BCUT2D eigenvalue weighted by molar-refractivity contribution is 4.61. The van der Waals surface area contributed by atoms with E-state index in [1.165, 1.54) is 0 Å². The zero-order valence-electron chi connectivity index (χ0n) is 5.68. The van der Waals surface area contributed by atoms with Crippen molar-refractivity contribution in [1.29, 1.82) is 0 Å². The molecule has 1 atom stereocenters. The van der Waals surface area contributed by atoms with Crippen LogP contribution in [0.3, 0.4) is 0 Å². The highest BCUT2D eigenvalue weighted by Gasteiger charge is 2.12. The summed E-state index contributed by atoms with van der Waals surface area (Å²) >= 11 is 0. The van der Waals surface area contributed by atoms with E-state index < -0.39 is 0 Å². The minimum Gasteiger partial charge on any atom is -0.394 e. The first-order chi connectivity index (χ1) is 4.43. The van der Waals surface area contributed by atoms with Gasteiger partial charge in [0.2, 0.25) is 0 Å². The van der Waals surface area contributed by atoms with Gasteiger partial charge in [0.15, 0.2) is 0 Å². The first-order valence-electron chi connectivity index (χ1n) is 3.16. The second kappa shape index (κ2) is 5.79. The Morgan fingerprint density at radius 3 is 2.44 bits per heavy atom. The van der Waals surface area contributed by atoms with Gasteiger partial charge in [-0.1, -0.05) is 0 Å². The molecule has 0 amide bonds. The highest BCUT2D eigenvalue weighted by atomic mass is 16.5. The molecular formula is C7H14O2. The van der Waals surface area contributed by atoms with Gasteiger partial charge in [-0.05, 0) is 12.8 Å². The molecule has 0 bridgehead atoms. The Morgan fingerprint density at radius 2 is 2.22 bits per heavy atom. The summed E-state index contributed by atoms with van der Waals surface area (Å²) in [5, 5.41) is 8.44. The maximum absolute atomic E-state index is 8.44. The van der Waals surface area contributed by atoms with Gasteiger partial charge in [-0.3, -0.25) is 0 Å². The van der Waals surface area contributed by atoms with Gasteiger partial charge < -0.3 is 9.84 Å². The molecule has 0 aromatic rings. The lowest BCUT2D eigenvalue weighted by Gasteiger charge is -2.00. The van der Waals surface area contributed by atoms with E-state index in [9.17, 15) is 0 Å². The van der Waals surface area contributed by atoms with Gasteiger partial charge in [-0.25, -0.2) is 0 Å². The maximum Gasteiger partial charge on any atom is 0.0806 e. The van der Waals surface area contributed by atoms with E-state index in [0.29, 0.717) is 0 Å². The Labute approximate surface area is 56.1 Å². The number of ether oxygens (including phenoxy) is 1. The monoisotopic (exact) mass is 130 g/mol. The summed E-state index contributed by atoms with van der Waals surface area (Å²) in [5.41, 5.74) is 0. The number of aliphatic hydroxyl groups is 1. The van der Waals surface area contributed by atoms with Crippen LogP contribution in [-0.4, -0.2) is 24.4 Å². The largest absolute Gasteiger partial charge is 0.394 e. The van der Waals surface area contributed by atoms with Gasteiger partial charge in [0.05, 0.1) is 12.7 Å². The molecule has 0 radical (unpaired) electrons. The van der Waals surface area contributed by atoms with Crippen molar-refractivity contribution in [1.82, 2.24) is 0 Å². The molecule has 54 valence electrons. The van der Waals surface area contributed by atoms with Crippen molar-refractivity contribution in [2.75, 3.05) is 13.2 Å². The van der Waals surface area contributed by atoms with Crippen LogP contribution in [-0.2, 0) is 4.74 Å². The summed E-state index contributed by atoms with van der Waals surface area (Å²) in [7, 11) is 0. The maximum atomic E-state index is 8.44. The number of hydrogen-bond donors (Lipinski definition) is 1. The van der Waals surface area contributed by atoms with Crippen molar-refractivity contribution >= 4 is 0 Å². The van der Waals surface area contributed by atoms with E-state index in [2.05, 4.69) is 13.2 Å². The van der Waals surface area contributed by atoms with Crippen LogP contribution in [0.5, 0.6) is 0 Å². The summed E-state index contributed by atoms with van der Waals surface area (Å²) in [6.07, 6.45) is 2.31. The molecule has 2 heteroatoms. The van der Waals surface area contributed by atoms with Crippen LogP contribution in [0.2, 0.25) is 0 Å². The summed E-state index contributed by atoms with van der Waals surface area (Å²) < 4.78 is 5.05.